The molecule has 0 N–H and O–H groups in total. The monoisotopic (exact) mass is 304 g/mol. The summed E-state index contributed by atoms with van der Waals surface area (Å²) in [5.41, 5.74) is 3.00. The lowest BCUT2D eigenvalue weighted by molar-refractivity contribution is 0.443. The van der Waals surface area contributed by atoms with Crippen molar-refractivity contribution in [3.05, 3.63) is 42.0 Å². The molecular weight excluding hydrogens is 272 g/mol. The molecule has 0 saturated heterocycles. The van der Waals surface area contributed by atoms with E-state index in [0.29, 0.717) is 16.6 Å². The molecule has 0 radical (unpaired) electrons. The van der Waals surface area contributed by atoms with Crippen LogP contribution in [0.25, 0.3) is 5.76 Å². The van der Waals surface area contributed by atoms with Crippen LogP contribution in [0.2, 0.25) is 16.6 Å². The van der Waals surface area contributed by atoms with Crippen molar-refractivity contribution in [3.63, 3.8) is 0 Å². The van der Waals surface area contributed by atoms with Crippen molar-refractivity contribution in [1.82, 2.24) is 0 Å². The molecule has 0 aliphatic rings. The van der Waals surface area contributed by atoms with Gasteiger partial charge >= 0.3 is 0 Å². The van der Waals surface area contributed by atoms with Crippen molar-refractivity contribution in [2.24, 2.45) is 0 Å². The van der Waals surface area contributed by atoms with Gasteiger partial charge in [0, 0.05) is 5.56 Å². The van der Waals surface area contributed by atoms with Gasteiger partial charge in [0.05, 0.1) is 0 Å². The van der Waals surface area contributed by atoms with Crippen LogP contribution >= 0.6 is 0 Å². The Kier molecular flexibility index (Phi) is 6.73. The molecule has 1 rings (SSSR count). The first-order valence-electron chi connectivity index (χ1n) is 8.30. The van der Waals surface area contributed by atoms with E-state index in [1.165, 1.54) is 5.56 Å². The van der Waals surface area contributed by atoms with Gasteiger partial charge in [-0.3, -0.25) is 0 Å². The minimum atomic E-state index is -1.88. The van der Waals surface area contributed by atoms with E-state index in [2.05, 4.69) is 84.9 Å². The molecule has 0 saturated carbocycles. The van der Waals surface area contributed by atoms with Gasteiger partial charge in [-0.15, -0.1) is 0 Å². The largest absolute Gasteiger partial charge is 0.543 e. The Hall–Kier alpha value is -1.02. The van der Waals surface area contributed by atoms with Crippen LogP contribution in [0.4, 0.5) is 0 Å². The second-order valence-corrected chi connectivity index (χ2v) is 12.1. The van der Waals surface area contributed by atoms with Gasteiger partial charge in [0.25, 0.3) is 8.32 Å². The summed E-state index contributed by atoms with van der Waals surface area (Å²) in [6.07, 6.45) is 3.24. The minimum absolute atomic E-state index is 0.599. The molecule has 0 aliphatic carbocycles. The Morgan fingerprint density at radius 2 is 1.43 bits per heavy atom. The van der Waals surface area contributed by atoms with Gasteiger partial charge in [-0.2, -0.15) is 0 Å². The molecule has 0 amide bonds. The fraction of sp³-hybridized carbons (Fsp3) is 0.579. The summed E-state index contributed by atoms with van der Waals surface area (Å²) in [6, 6.07) is 10.5. The molecule has 0 bridgehead atoms. The minimum Gasteiger partial charge on any atom is -0.543 e. The van der Waals surface area contributed by atoms with E-state index >= 15 is 0 Å². The van der Waals surface area contributed by atoms with Gasteiger partial charge in [-0.05, 0) is 29.1 Å². The van der Waals surface area contributed by atoms with Gasteiger partial charge in [-0.1, -0.05) is 78.8 Å². The lowest BCUT2D eigenvalue weighted by atomic mass is 10.2. The van der Waals surface area contributed by atoms with Gasteiger partial charge in [0.1, 0.15) is 5.76 Å². The zero-order valence-corrected chi connectivity index (χ0v) is 15.8. The first-order valence-corrected chi connectivity index (χ1v) is 10.4. The molecule has 0 heterocycles. The zero-order chi connectivity index (χ0) is 16.0. The van der Waals surface area contributed by atoms with Crippen molar-refractivity contribution in [2.45, 2.75) is 71.5 Å². The summed E-state index contributed by atoms with van der Waals surface area (Å²) in [5.74, 6) is 1.08. The fourth-order valence-electron chi connectivity index (χ4n) is 3.55. The second-order valence-electron chi connectivity index (χ2n) is 6.76. The molecule has 0 aliphatic heterocycles. The molecule has 0 fully saturated rings. The number of benzene rings is 1. The van der Waals surface area contributed by atoms with Gasteiger partial charge in [-0.25, -0.2) is 0 Å². The van der Waals surface area contributed by atoms with Crippen LogP contribution in [-0.4, -0.2) is 8.32 Å². The average molecular weight is 305 g/mol. The van der Waals surface area contributed by atoms with Gasteiger partial charge in [0.15, 0.2) is 0 Å². The highest BCUT2D eigenvalue weighted by Crippen LogP contribution is 2.44. The predicted molar refractivity (Wildman–Crippen MR) is 96.8 cm³/mol. The number of allylic oxidation sites excluding steroid dienone is 1. The molecule has 1 nitrogen and oxygen atoms in total. The first kappa shape index (κ1) is 18.0. The van der Waals surface area contributed by atoms with Crippen molar-refractivity contribution >= 4 is 14.1 Å². The van der Waals surface area contributed by atoms with E-state index in [-0.39, 0.29) is 0 Å². The third-order valence-electron chi connectivity index (χ3n) is 4.44. The van der Waals surface area contributed by atoms with E-state index in [4.69, 9.17) is 4.43 Å². The molecule has 0 aromatic heterocycles. The molecular formula is C19H32OSi. The molecule has 1 aromatic rings. The van der Waals surface area contributed by atoms with E-state index in [0.717, 1.165) is 12.2 Å². The number of hydrogen-bond donors (Lipinski definition) is 0. The Morgan fingerprint density at radius 3 is 1.81 bits per heavy atom. The average Bonchev–Trinajstić information content (AvgIpc) is 2.43. The van der Waals surface area contributed by atoms with Crippen molar-refractivity contribution < 1.29 is 4.43 Å². The lowest BCUT2D eigenvalue weighted by Gasteiger charge is -2.43. The lowest BCUT2D eigenvalue weighted by Crippen LogP contribution is -2.47. The summed E-state index contributed by atoms with van der Waals surface area (Å²) < 4.78 is 6.85. The Bertz CT molecular complexity index is 424. The molecule has 0 atom stereocenters. The number of hydrogen-bond acceptors (Lipinski definition) is 1. The van der Waals surface area contributed by atoms with Crippen LogP contribution in [0.1, 0.15) is 60.5 Å². The van der Waals surface area contributed by atoms with E-state index in [9.17, 15) is 0 Å². The summed E-state index contributed by atoms with van der Waals surface area (Å²) >= 11 is 0. The van der Waals surface area contributed by atoms with Crippen LogP contribution in [0.5, 0.6) is 0 Å². The molecule has 118 valence electrons. The standard InChI is InChI=1S/C19H32OSi/c1-8-12-19(18-13-10-9-11-14-18)20-21(15(2)3,16(4)5)17(6)7/h9-17H,8H2,1-7H3/b19-12-. The Labute approximate surface area is 132 Å². The maximum Gasteiger partial charge on any atom is 0.258 e. The molecule has 21 heavy (non-hydrogen) atoms. The molecule has 2 heteroatoms. The summed E-state index contributed by atoms with van der Waals surface area (Å²) in [4.78, 5) is 0. The van der Waals surface area contributed by atoms with Crippen molar-refractivity contribution in [3.8, 4) is 0 Å². The third-order valence-corrected chi connectivity index (χ3v) is 10.4. The highest BCUT2D eigenvalue weighted by Gasteiger charge is 2.47. The summed E-state index contributed by atoms with van der Waals surface area (Å²) in [6.45, 7) is 16.2. The van der Waals surface area contributed by atoms with Crippen molar-refractivity contribution in [1.29, 1.82) is 0 Å². The smallest absolute Gasteiger partial charge is 0.258 e. The van der Waals surface area contributed by atoms with Crippen LogP contribution in [0, 0.1) is 0 Å². The number of rotatable bonds is 7. The highest BCUT2D eigenvalue weighted by molar-refractivity contribution is 6.78. The molecule has 1 aromatic carbocycles. The predicted octanol–water partition coefficient (Wildman–Crippen LogP) is 6.63. The fourth-order valence-corrected chi connectivity index (χ4v) is 8.84. The van der Waals surface area contributed by atoms with Crippen LogP contribution in [-0.2, 0) is 4.43 Å². The van der Waals surface area contributed by atoms with Crippen LogP contribution in [0.15, 0.2) is 36.4 Å². The molecule has 0 spiro atoms. The normalized spacial score (nSPS) is 13.3. The van der Waals surface area contributed by atoms with Crippen molar-refractivity contribution in [2.75, 3.05) is 0 Å². The Morgan fingerprint density at radius 1 is 0.952 bits per heavy atom. The summed E-state index contributed by atoms with van der Waals surface area (Å²) in [5, 5.41) is 0. The van der Waals surface area contributed by atoms with E-state index in [1.807, 2.05) is 0 Å². The van der Waals surface area contributed by atoms with E-state index in [1.54, 1.807) is 0 Å². The van der Waals surface area contributed by atoms with E-state index < -0.39 is 8.32 Å². The maximum absolute atomic E-state index is 6.85. The van der Waals surface area contributed by atoms with Gasteiger partial charge < -0.3 is 4.43 Å². The topological polar surface area (TPSA) is 9.23 Å². The SMILES string of the molecule is CC/C=C(\O[Si](C(C)C)(C(C)C)C(C)C)c1ccccc1. The summed E-state index contributed by atoms with van der Waals surface area (Å²) in [7, 11) is -1.88. The highest BCUT2D eigenvalue weighted by atomic mass is 28.4. The zero-order valence-electron chi connectivity index (χ0n) is 14.8. The third kappa shape index (κ3) is 4.00. The quantitative estimate of drug-likeness (QED) is 0.406. The van der Waals surface area contributed by atoms with Crippen LogP contribution in [0.3, 0.4) is 0 Å². The first-order chi connectivity index (χ1) is 9.86. The van der Waals surface area contributed by atoms with Crippen LogP contribution < -0.4 is 0 Å². The second kappa shape index (κ2) is 7.84. The Balaban J connectivity index is 3.24. The molecule has 0 unspecified atom stereocenters. The maximum atomic E-state index is 6.85. The van der Waals surface area contributed by atoms with Gasteiger partial charge in [0.2, 0.25) is 0 Å².